The number of hydrogen-bond acceptors (Lipinski definition) is 1. The minimum atomic E-state index is -0.548. The van der Waals surface area contributed by atoms with Gasteiger partial charge in [-0.1, -0.05) is 6.07 Å². The van der Waals surface area contributed by atoms with Crippen LogP contribution in [0.3, 0.4) is 0 Å². The van der Waals surface area contributed by atoms with Crippen LogP contribution in [0.15, 0.2) is 36.7 Å². The summed E-state index contributed by atoms with van der Waals surface area (Å²) in [5.74, 6) is -1.06. The van der Waals surface area contributed by atoms with Crippen LogP contribution in [0.1, 0.15) is 31.0 Å². The maximum atomic E-state index is 13.6. The summed E-state index contributed by atoms with van der Waals surface area (Å²) in [4.78, 5) is 0. The maximum absolute atomic E-state index is 13.6. The summed E-state index contributed by atoms with van der Waals surface area (Å²) < 4.78 is 28.5. The van der Waals surface area contributed by atoms with Gasteiger partial charge in [-0.25, -0.2) is 8.78 Å². The Morgan fingerprint density at radius 3 is 2.68 bits per heavy atom. The molecule has 4 heteroatoms. The zero-order valence-electron chi connectivity index (χ0n) is 11.2. The molecule has 0 fully saturated rings. The van der Waals surface area contributed by atoms with Gasteiger partial charge in [0.1, 0.15) is 11.6 Å². The van der Waals surface area contributed by atoms with Crippen LogP contribution in [0.5, 0.6) is 0 Å². The number of halogens is 2. The topological polar surface area (TPSA) is 17.0 Å². The smallest absolute Gasteiger partial charge is 0.130 e. The zero-order chi connectivity index (χ0) is 13.8. The van der Waals surface area contributed by atoms with Gasteiger partial charge < -0.3 is 9.88 Å². The first-order valence-corrected chi connectivity index (χ1v) is 6.43. The van der Waals surface area contributed by atoms with E-state index in [4.69, 9.17) is 0 Å². The van der Waals surface area contributed by atoms with Crippen molar-refractivity contribution in [2.45, 2.75) is 33.0 Å². The van der Waals surface area contributed by atoms with Crippen molar-refractivity contribution in [2.75, 3.05) is 0 Å². The highest BCUT2D eigenvalue weighted by Gasteiger charge is 2.11. The van der Waals surface area contributed by atoms with Crippen LogP contribution in [0.25, 0.3) is 0 Å². The van der Waals surface area contributed by atoms with Crippen LogP contribution in [0.4, 0.5) is 8.78 Å². The van der Waals surface area contributed by atoms with Gasteiger partial charge in [0.15, 0.2) is 0 Å². The van der Waals surface area contributed by atoms with E-state index in [0.717, 1.165) is 18.2 Å². The van der Waals surface area contributed by atoms with Crippen LogP contribution >= 0.6 is 0 Å². The molecular formula is C15H18F2N2. The predicted molar refractivity (Wildman–Crippen MR) is 71.7 cm³/mol. The summed E-state index contributed by atoms with van der Waals surface area (Å²) in [5.41, 5.74) is 1.63. The molecule has 1 aromatic heterocycles. The number of hydrogen-bond donors (Lipinski definition) is 1. The monoisotopic (exact) mass is 264 g/mol. The van der Waals surface area contributed by atoms with E-state index >= 15 is 0 Å². The highest BCUT2D eigenvalue weighted by molar-refractivity contribution is 5.22. The molecule has 1 N–H and O–H groups in total. The van der Waals surface area contributed by atoms with Crippen molar-refractivity contribution < 1.29 is 8.78 Å². The Morgan fingerprint density at radius 2 is 2.05 bits per heavy atom. The Hall–Kier alpha value is -1.68. The summed E-state index contributed by atoms with van der Waals surface area (Å²) in [6.45, 7) is 5.54. The van der Waals surface area contributed by atoms with E-state index in [-0.39, 0.29) is 6.04 Å². The Labute approximate surface area is 112 Å². The molecule has 1 atom stereocenters. The fourth-order valence-corrected chi connectivity index (χ4v) is 2.03. The zero-order valence-corrected chi connectivity index (χ0v) is 11.2. The number of aryl methyl sites for hydroxylation is 1. The second-order valence-electron chi connectivity index (χ2n) is 4.62. The molecule has 0 aliphatic heterocycles. The van der Waals surface area contributed by atoms with Crippen LogP contribution in [0, 0.1) is 11.6 Å². The molecule has 102 valence electrons. The third-order valence-corrected chi connectivity index (χ3v) is 3.22. The highest BCUT2D eigenvalue weighted by Crippen LogP contribution is 2.18. The van der Waals surface area contributed by atoms with E-state index in [9.17, 15) is 8.78 Å². The maximum Gasteiger partial charge on any atom is 0.130 e. The van der Waals surface area contributed by atoms with E-state index in [1.807, 2.05) is 19.2 Å². The number of benzene rings is 1. The fraction of sp³-hybridized carbons (Fsp3) is 0.333. The van der Waals surface area contributed by atoms with E-state index in [1.54, 1.807) is 0 Å². The number of aromatic nitrogens is 1. The number of nitrogens with zero attached hydrogens (tertiary/aromatic N) is 1. The molecule has 2 nitrogen and oxygen atoms in total. The van der Waals surface area contributed by atoms with Crippen LogP contribution in [0.2, 0.25) is 0 Å². The second-order valence-corrected chi connectivity index (χ2v) is 4.62. The summed E-state index contributed by atoms with van der Waals surface area (Å²) in [6.07, 6.45) is 4.07. The van der Waals surface area contributed by atoms with Gasteiger partial charge in [-0.05, 0) is 31.5 Å². The molecule has 0 aliphatic carbocycles. The third kappa shape index (κ3) is 3.41. The Bertz CT molecular complexity index is 549. The van der Waals surface area contributed by atoms with Gasteiger partial charge in [0, 0.05) is 43.2 Å². The molecule has 1 unspecified atom stereocenters. The Morgan fingerprint density at radius 1 is 1.26 bits per heavy atom. The van der Waals surface area contributed by atoms with Crippen molar-refractivity contribution >= 4 is 0 Å². The van der Waals surface area contributed by atoms with Crippen molar-refractivity contribution in [1.82, 2.24) is 9.88 Å². The molecule has 1 heterocycles. The molecule has 0 aliphatic rings. The summed E-state index contributed by atoms with van der Waals surface area (Å²) in [7, 11) is 0. The lowest BCUT2D eigenvalue weighted by atomic mass is 10.1. The minimum absolute atomic E-state index is 0.162. The number of rotatable bonds is 5. The fourth-order valence-electron chi connectivity index (χ4n) is 2.03. The van der Waals surface area contributed by atoms with Crippen LogP contribution in [-0.2, 0) is 13.1 Å². The van der Waals surface area contributed by atoms with Gasteiger partial charge >= 0.3 is 0 Å². The molecule has 0 radical (unpaired) electrons. The SMILES string of the molecule is CCn1ccc(CNC(C)c2ccc(F)cc2F)c1. The van der Waals surface area contributed by atoms with Crippen molar-refractivity contribution in [1.29, 1.82) is 0 Å². The van der Waals surface area contributed by atoms with Crippen molar-refractivity contribution in [2.24, 2.45) is 0 Å². The quantitative estimate of drug-likeness (QED) is 0.872. The highest BCUT2D eigenvalue weighted by atomic mass is 19.1. The minimum Gasteiger partial charge on any atom is -0.354 e. The summed E-state index contributed by atoms with van der Waals surface area (Å²) >= 11 is 0. The molecule has 2 rings (SSSR count). The first-order chi connectivity index (χ1) is 9.10. The van der Waals surface area contributed by atoms with Gasteiger partial charge in [0.05, 0.1) is 0 Å². The largest absolute Gasteiger partial charge is 0.354 e. The van der Waals surface area contributed by atoms with Crippen molar-refractivity contribution in [3.05, 3.63) is 59.4 Å². The van der Waals surface area contributed by atoms with Gasteiger partial charge in [0.2, 0.25) is 0 Å². The molecule has 2 aromatic rings. The lowest BCUT2D eigenvalue weighted by Crippen LogP contribution is -2.19. The summed E-state index contributed by atoms with van der Waals surface area (Å²) in [6, 6.07) is 5.56. The average Bonchev–Trinajstić information content (AvgIpc) is 2.84. The second kappa shape index (κ2) is 5.97. The van der Waals surface area contributed by atoms with Gasteiger partial charge in [0.25, 0.3) is 0 Å². The Kier molecular flexibility index (Phi) is 4.32. The normalized spacial score (nSPS) is 12.6. The van der Waals surface area contributed by atoms with Gasteiger partial charge in [-0.15, -0.1) is 0 Å². The molecular weight excluding hydrogens is 246 g/mol. The molecule has 1 aromatic carbocycles. The first kappa shape index (κ1) is 13.7. The van der Waals surface area contributed by atoms with Crippen molar-refractivity contribution in [3.8, 4) is 0 Å². The molecule has 0 amide bonds. The lowest BCUT2D eigenvalue weighted by Gasteiger charge is -2.14. The predicted octanol–water partition coefficient (Wildman–Crippen LogP) is 3.64. The van der Waals surface area contributed by atoms with Crippen LogP contribution < -0.4 is 5.32 Å². The molecule has 0 saturated carbocycles. The van der Waals surface area contributed by atoms with Gasteiger partial charge in [-0.2, -0.15) is 0 Å². The number of nitrogens with one attached hydrogen (secondary N) is 1. The van der Waals surface area contributed by atoms with Gasteiger partial charge in [-0.3, -0.25) is 0 Å². The first-order valence-electron chi connectivity index (χ1n) is 6.43. The van der Waals surface area contributed by atoms with Crippen LogP contribution in [-0.4, -0.2) is 4.57 Å². The van der Waals surface area contributed by atoms with E-state index in [0.29, 0.717) is 12.1 Å². The molecule has 0 bridgehead atoms. The molecule has 0 saturated heterocycles. The lowest BCUT2D eigenvalue weighted by molar-refractivity contribution is 0.517. The van der Waals surface area contributed by atoms with Crippen molar-refractivity contribution in [3.63, 3.8) is 0 Å². The van der Waals surface area contributed by atoms with E-state index in [1.165, 1.54) is 12.1 Å². The molecule has 0 spiro atoms. The molecule has 19 heavy (non-hydrogen) atoms. The Balaban J connectivity index is 1.98. The van der Waals surface area contributed by atoms with E-state index in [2.05, 4.69) is 23.0 Å². The standard InChI is InChI=1S/C15H18F2N2/c1-3-19-7-6-12(10-19)9-18-11(2)14-5-4-13(16)8-15(14)17/h4-8,10-11,18H,3,9H2,1-2H3. The third-order valence-electron chi connectivity index (χ3n) is 3.22. The van der Waals surface area contributed by atoms with E-state index < -0.39 is 11.6 Å². The summed E-state index contributed by atoms with van der Waals surface area (Å²) in [5, 5.41) is 3.24. The average molecular weight is 264 g/mol.